The fraction of sp³-hybridized carbons (Fsp3) is 0. The molecule has 0 bridgehead atoms. The lowest BCUT2D eigenvalue weighted by Crippen LogP contribution is -1.97. The van der Waals surface area contributed by atoms with Gasteiger partial charge in [0.1, 0.15) is 22.9 Å². The van der Waals surface area contributed by atoms with E-state index in [0.29, 0.717) is 5.69 Å². The summed E-state index contributed by atoms with van der Waals surface area (Å²) in [6.07, 6.45) is 1.69. The molecule has 7 rings (SSSR count). The van der Waals surface area contributed by atoms with Gasteiger partial charge >= 0.3 is 0 Å². The van der Waals surface area contributed by atoms with Crippen LogP contribution in [0.5, 0.6) is 0 Å². The second kappa shape index (κ2) is 7.06. The Hall–Kier alpha value is -4.88. The number of nitriles is 1. The smallest absolute Gasteiger partial charge is 0.141 e. The Morgan fingerprint density at radius 2 is 1.47 bits per heavy atom. The summed E-state index contributed by atoms with van der Waals surface area (Å²) in [6, 6.07) is 35.3. The van der Waals surface area contributed by atoms with Crippen molar-refractivity contribution in [3.05, 3.63) is 109 Å². The lowest BCUT2D eigenvalue weighted by molar-refractivity contribution is 0.669. The predicted octanol–water partition coefficient (Wildman–Crippen LogP) is 7.62. The second-order valence-corrected chi connectivity index (χ2v) is 8.38. The molecule has 0 N–H and O–H groups in total. The van der Waals surface area contributed by atoms with Gasteiger partial charge in [0.25, 0.3) is 0 Å². The summed E-state index contributed by atoms with van der Waals surface area (Å²) in [6.45, 7) is 0. The SMILES string of the molecule is N#Cc1cc(-c2ccccc2-n2c3ccccc3c3cc4oc5ccccc5c4cc32)ccn1. The van der Waals surface area contributed by atoms with Crippen LogP contribution in [0.2, 0.25) is 0 Å². The van der Waals surface area contributed by atoms with Crippen molar-refractivity contribution in [2.45, 2.75) is 0 Å². The molecule has 0 amide bonds. The molecule has 4 heteroatoms. The Morgan fingerprint density at radius 3 is 2.38 bits per heavy atom. The number of para-hydroxylation sites is 3. The summed E-state index contributed by atoms with van der Waals surface area (Å²) in [5.74, 6) is 0. The highest BCUT2D eigenvalue weighted by Crippen LogP contribution is 2.40. The molecule has 7 aromatic rings. The van der Waals surface area contributed by atoms with Crippen LogP contribution in [-0.4, -0.2) is 9.55 Å². The summed E-state index contributed by atoms with van der Waals surface area (Å²) in [4.78, 5) is 4.15. The summed E-state index contributed by atoms with van der Waals surface area (Å²) in [5, 5.41) is 13.9. The third-order valence-electron chi connectivity index (χ3n) is 6.50. The molecule has 0 atom stereocenters. The van der Waals surface area contributed by atoms with Gasteiger partial charge in [-0.2, -0.15) is 5.26 Å². The molecule has 0 aliphatic rings. The second-order valence-electron chi connectivity index (χ2n) is 8.38. The Balaban J connectivity index is 1.62. The van der Waals surface area contributed by atoms with Gasteiger partial charge in [0.05, 0.1) is 16.7 Å². The van der Waals surface area contributed by atoms with Crippen molar-refractivity contribution in [1.29, 1.82) is 5.26 Å². The van der Waals surface area contributed by atoms with Gasteiger partial charge < -0.3 is 8.98 Å². The van der Waals surface area contributed by atoms with E-state index in [4.69, 9.17) is 4.42 Å². The lowest BCUT2D eigenvalue weighted by Gasteiger charge is -2.14. The number of fused-ring (bicyclic) bond motifs is 6. The highest BCUT2D eigenvalue weighted by molar-refractivity contribution is 6.17. The van der Waals surface area contributed by atoms with E-state index in [0.717, 1.165) is 55.2 Å². The van der Waals surface area contributed by atoms with Crippen LogP contribution >= 0.6 is 0 Å². The first-order chi connectivity index (χ1) is 16.8. The summed E-state index contributed by atoms with van der Waals surface area (Å²) >= 11 is 0. The first-order valence-corrected chi connectivity index (χ1v) is 11.1. The topological polar surface area (TPSA) is 54.8 Å². The maximum Gasteiger partial charge on any atom is 0.141 e. The fourth-order valence-corrected chi connectivity index (χ4v) is 5.02. The minimum absolute atomic E-state index is 0.404. The van der Waals surface area contributed by atoms with Gasteiger partial charge in [-0.15, -0.1) is 0 Å². The van der Waals surface area contributed by atoms with Gasteiger partial charge in [0.15, 0.2) is 0 Å². The van der Waals surface area contributed by atoms with Crippen LogP contribution in [0.4, 0.5) is 0 Å². The van der Waals surface area contributed by atoms with Crippen LogP contribution in [0, 0.1) is 11.3 Å². The maximum absolute atomic E-state index is 9.39. The molecule has 34 heavy (non-hydrogen) atoms. The average molecular weight is 435 g/mol. The number of pyridine rings is 1. The van der Waals surface area contributed by atoms with Crippen molar-refractivity contribution in [3.8, 4) is 22.9 Å². The third-order valence-corrected chi connectivity index (χ3v) is 6.50. The van der Waals surface area contributed by atoms with E-state index >= 15 is 0 Å². The van der Waals surface area contributed by atoms with Gasteiger partial charge in [0, 0.05) is 33.3 Å². The average Bonchev–Trinajstić information content (AvgIpc) is 3.42. The highest BCUT2D eigenvalue weighted by atomic mass is 16.3. The van der Waals surface area contributed by atoms with Crippen molar-refractivity contribution in [2.75, 3.05) is 0 Å². The van der Waals surface area contributed by atoms with E-state index in [2.05, 4.69) is 76.3 Å². The van der Waals surface area contributed by atoms with Crippen molar-refractivity contribution in [1.82, 2.24) is 9.55 Å². The molecule has 4 nitrogen and oxygen atoms in total. The van der Waals surface area contributed by atoms with E-state index in [1.165, 1.54) is 5.39 Å². The molecule has 0 radical (unpaired) electrons. The lowest BCUT2D eigenvalue weighted by atomic mass is 10.0. The van der Waals surface area contributed by atoms with Crippen LogP contribution in [0.15, 0.2) is 108 Å². The zero-order valence-corrected chi connectivity index (χ0v) is 18.1. The Morgan fingerprint density at radius 1 is 0.676 bits per heavy atom. The fourth-order valence-electron chi connectivity index (χ4n) is 5.02. The molecular weight excluding hydrogens is 418 g/mol. The molecule has 0 fully saturated rings. The molecule has 0 saturated heterocycles. The molecule has 0 spiro atoms. The van der Waals surface area contributed by atoms with Crippen molar-refractivity contribution in [2.24, 2.45) is 0 Å². The van der Waals surface area contributed by atoms with Crippen molar-refractivity contribution >= 4 is 43.7 Å². The molecular formula is C30H17N3O. The first kappa shape index (κ1) is 18.7. The minimum atomic E-state index is 0.404. The van der Waals surface area contributed by atoms with Crippen LogP contribution in [0.1, 0.15) is 5.69 Å². The normalized spacial score (nSPS) is 11.5. The standard InChI is InChI=1S/C30H17N3O/c31-18-20-15-19(13-14-32-20)21-7-1-4-10-26(21)33-27-11-5-2-8-22(27)24-17-30-25(16-28(24)33)23-9-3-6-12-29(23)34-30/h1-17H. The molecule has 0 aliphatic heterocycles. The first-order valence-electron chi connectivity index (χ1n) is 11.1. The monoisotopic (exact) mass is 435 g/mol. The number of aromatic nitrogens is 2. The number of rotatable bonds is 2. The van der Waals surface area contributed by atoms with Gasteiger partial charge in [-0.3, -0.25) is 0 Å². The van der Waals surface area contributed by atoms with Crippen LogP contribution in [0.25, 0.3) is 60.6 Å². The Labute approximate surface area is 194 Å². The van der Waals surface area contributed by atoms with E-state index < -0.39 is 0 Å². The van der Waals surface area contributed by atoms with Gasteiger partial charge in [-0.25, -0.2) is 4.98 Å². The van der Waals surface area contributed by atoms with Gasteiger partial charge in [-0.05, 0) is 48.0 Å². The van der Waals surface area contributed by atoms with E-state index in [1.807, 2.05) is 36.4 Å². The summed E-state index contributed by atoms with van der Waals surface area (Å²) in [5.41, 5.74) is 7.47. The molecule has 0 aliphatic carbocycles. The quantitative estimate of drug-likeness (QED) is 0.281. The number of hydrogen-bond donors (Lipinski definition) is 0. The van der Waals surface area contributed by atoms with Gasteiger partial charge in [-0.1, -0.05) is 54.6 Å². The van der Waals surface area contributed by atoms with Crippen molar-refractivity contribution < 1.29 is 4.42 Å². The van der Waals surface area contributed by atoms with Crippen LogP contribution in [0.3, 0.4) is 0 Å². The Bertz CT molecular complexity index is 1930. The largest absolute Gasteiger partial charge is 0.456 e. The third kappa shape index (κ3) is 2.61. The predicted molar refractivity (Wildman–Crippen MR) is 136 cm³/mol. The van der Waals surface area contributed by atoms with E-state index in [9.17, 15) is 5.26 Å². The molecule has 4 aromatic carbocycles. The minimum Gasteiger partial charge on any atom is -0.456 e. The number of nitrogens with zero attached hydrogens (tertiary/aromatic N) is 3. The molecule has 3 heterocycles. The van der Waals surface area contributed by atoms with Gasteiger partial charge in [0.2, 0.25) is 0 Å². The Kier molecular flexibility index (Phi) is 3.88. The zero-order valence-electron chi connectivity index (χ0n) is 18.1. The number of benzene rings is 4. The summed E-state index contributed by atoms with van der Waals surface area (Å²) < 4.78 is 8.51. The number of furan rings is 1. The summed E-state index contributed by atoms with van der Waals surface area (Å²) in [7, 11) is 0. The molecule has 0 saturated carbocycles. The van der Waals surface area contributed by atoms with Crippen molar-refractivity contribution in [3.63, 3.8) is 0 Å². The van der Waals surface area contributed by atoms with Crippen LogP contribution in [-0.2, 0) is 0 Å². The van der Waals surface area contributed by atoms with E-state index in [1.54, 1.807) is 6.20 Å². The zero-order chi connectivity index (χ0) is 22.6. The van der Waals surface area contributed by atoms with Crippen LogP contribution < -0.4 is 0 Å². The van der Waals surface area contributed by atoms with E-state index in [-0.39, 0.29) is 0 Å². The highest BCUT2D eigenvalue weighted by Gasteiger charge is 2.18. The molecule has 158 valence electrons. The molecule has 3 aromatic heterocycles. The number of hydrogen-bond acceptors (Lipinski definition) is 3. The maximum atomic E-state index is 9.39. The molecule has 0 unspecified atom stereocenters.